The number of sulfonamides is 1. The van der Waals surface area contributed by atoms with Gasteiger partial charge in [0.05, 0.1) is 28.0 Å². The summed E-state index contributed by atoms with van der Waals surface area (Å²) in [6.45, 7) is 1.80. The van der Waals surface area contributed by atoms with E-state index < -0.39 is 40.0 Å². The van der Waals surface area contributed by atoms with Crippen LogP contribution in [0.3, 0.4) is 0 Å². The number of ether oxygens (including phenoxy) is 2. The van der Waals surface area contributed by atoms with Crippen molar-refractivity contribution in [3.05, 3.63) is 114 Å². The van der Waals surface area contributed by atoms with Gasteiger partial charge < -0.3 is 19.8 Å². The van der Waals surface area contributed by atoms with E-state index in [9.17, 15) is 22.8 Å². The summed E-state index contributed by atoms with van der Waals surface area (Å²) in [5.41, 5.74) is 3.93. The number of fused-ring (bicyclic) bond motifs is 2. The molecule has 4 aromatic carbocycles. The molecule has 2 heterocycles. The number of para-hydroxylation sites is 2. The Morgan fingerprint density at radius 3 is 2.47 bits per heavy atom. The van der Waals surface area contributed by atoms with Gasteiger partial charge in [-0.15, -0.1) is 0 Å². The van der Waals surface area contributed by atoms with Crippen molar-refractivity contribution in [2.24, 2.45) is 0 Å². The van der Waals surface area contributed by atoms with Crippen molar-refractivity contribution in [1.29, 1.82) is 0 Å². The highest BCUT2D eigenvalue weighted by Gasteiger charge is 2.32. The van der Waals surface area contributed by atoms with E-state index in [-0.39, 0.29) is 30.3 Å². The molecule has 0 radical (unpaired) electrons. The minimum absolute atomic E-state index is 0.00506. The van der Waals surface area contributed by atoms with Crippen LogP contribution in [0.2, 0.25) is 0 Å². The van der Waals surface area contributed by atoms with Crippen molar-refractivity contribution in [3.63, 3.8) is 0 Å². The van der Waals surface area contributed by atoms with E-state index in [4.69, 9.17) is 9.47 Å². The van der Waals surface area contributed by atoms with Crippen LogP contribution < -0.4 is 20.1 Å². The van der Waals surface area contributed by atoms with E-state index in [1.165, 1.54) is 12.1 Å². The minimum atomic E-state index is -4.09. The zero-order valence-corrected chi connectivity index (χ0v) is 26.0. The normalized spacial score (nSPS) is 14.8. The lowest BCUT2D eigenvalue weighted by atomic mass is 10.0. The van der Waals surface area contributed by atoms with Gasteiger partial charge in [0, 0.05) is 0 Å². The van der Waals surface area contributed by atoms with E-state index in [1.54, 1.807) is 48.5 Å². The third-order valence-corrected chi connectivity index (χ3v) is 8.95. The fraction of sp³-hybridized carbons (Fsp3) is 0.176. The van der Waals surface area contributed by atoms with Crippen LogP contribution in [-0.4, -0.2) is 48.3 Å². The molecule has 0 bridgehead atoms. The van der Waals surface area contributed by atoms with Crippen molar-refractivity contribution in [2.75, 3.05) is 10.6 Å². The lowest BCUT2D eigenvalue weighted by Crippen LogP contribution is -2.43. The number of carbonyl (C=O) groups is 3. The van der Waals surface area contributed by atoms with Gasteiger partial charge in [0.25, 0.3) is 5.91 Å². The van der Waals surface area contributed by atoms with Crippen LogP contribution in [0.15, 0.2) is 102 Å². The third-order valence-electron chi connectivity index (χ3n) is 7.46. The molecule has 0 fully saturated rings. The third kappa shape index (κ3) is 7.65. The summed E-state index contributed by atoms with van der Waals surface area (Å²) >= 11 is 0. The number of hydrogen-bond acceptors (Lipinski definition) is 8. The monoisotopic (exact) mass is 653 g/mol. The predicted molar refractivity (Wildman–Crippen MR) is 174 cm³/mol. The van der Waals surface area contributed by atoms with E-state index >= 15 is 0 Å². The van der Waals surface area contributed by atoms with Gasteiger partial charge in [0.1, 0.15) is 18.4 Å². The zero-order chi connectivity index (χ0) is 33.0. The quantitative estimate of drug-likeness (QED) is 0.154. The highest BCUT2D eigenvalue weighted by atomic mass is 32.2. The van der Waals surface area contributed by atoms with Crippen molar-refractivity contribution in [1.82, 2.24) is 14.7 Å². The molecule has 47 heavy (non-hydrogen) atoms. The Labute approximate surface area is 270 Å². The summed E-state index contributed by atoms with van der Waals surface area (Å²) in [4.78, 5) is 46.2. The number of H-pyrrole nitrogens is 1. The molecule has 0 saturated heterocycles. The van der Waals surface area contributed by atoms with Crippen LogP contribution in [0.25, 0.3) is 11.0 Å². The molecular weight excluding hydrogens is 622 g/mol. The Hall–Kier alpha value is -5.53. The smallest absolute Gasteiger partial charge is 0.324 e. The number of benzene rings is 4. The molecule has 0 spiro atoms. The maximum atomic E-state index is 13.3. The van der Waals surface area contributed by atoms with Gasteiger partial charge in [-0.1, -0.05) is 66.2 Å². The van der Waals surface area contributed by atoms with Crippen molar-refractivity contribution >= 4 is 50.5 Å². The number of aryl methyl sites for hydroxylation is 1. The van der Waals surface area contributed by atoms with Gasteiger partial charge >= 0.3 is 5.97 Å². The first-order chi connectivity index (χ1) is 22.6. The van der Waals surface area contributed by atoms with Gasteiger partial charge in [-0.2, -0.15) is 4.72 Å². The zero-order valence-electron chi connectivity index (χ0n) is 25.2. The first kappa shape index (κ1) is 31.5. The van der Waals surface area contributed by atoms with E-state index in [0.717, 1.165) is 16.6 Å². The average molecular weight is 654 g/mol. The lowest BCUT2D eigenvalue weighted by molar-refractivity contribution is -0.147. The molecule has 1 unspecified atom stereocenters. The molecular formula is C34H31N5O7S. The molecule has 2 amide bonds. The maximum absolute atomic E-state index is 13.3. The molecule has 0 saturated carbocycles. The molecule has 1 aromatic heterocycles. The summed E-state index contributed by atoms with van der Waals surface area (Å²) in [5.74, 6) is -1.20. The molecule has 1 aliphatic heterocycles. The molecule has 5 aromatic rings. The first-order valence-electron chi connectivity index (χ1n) is 14.8. The number of rotatable bonds is 11. The van der Waals surface area contributed by atoms with Gasteiger partial charge in [-0.05, 0) is 60.9 Å². The van der Waals surface area contributed by atoms with E-state index in [1.807, 2.05) is 43.3 Å². The van der Waals surface area contributed by atoms with Crippen LogP contribution >= 0.6 is 0 Å². The topological polar surface area (TPSA) is 169 Å². The number of hydrogen-bond donors (Lipinski definition) is 4. The average Bonchev–Trinajstić information content (AvgIpc) is 3.46. The minimum Gasteiger partial charge on any atom is -0.478 e. The van der Waals surface area contributed by atoms with Gasteiger partial charge in [-0.25, -0.2) is 13.4 Å². The van der Waals surface area contributed by atoms with Crippen LogP contribution in [0, 0.1) is 6.92 Å². The number of esters is 1. The second-order valence-electron chi connectivity index (χ2n) is 11.1. The number of imidazole rings is 1. The fourth-order valence-electron chi connectivity index (χ4n) is 5.03. The molecule has 12 nitrogen and oxygen atoms in total. The Kier molecular flexibility index (Phi) is 9.00. The standard InChI is InChI=1S/C34H31N5O7S/c1-21-11-14-24(15-12-21)47(43,44)39-28(33(42)45-20-22-7-3-2-4-8-22)18-23-13-16-29-27(17-23)35-32(41)30(46-29)19-31(40)38-34-36-25-9-5-6-10-26(25)37-34/h2-17,28,30,39H,18-20H2,1H3,(H,35,41)(H2,36,37,38,40)/t28-,30?/m0/s1. The summed E-state index contributed by atoms with van der Waals surface area (Å²) in [6.07, 6.45) is -1.44. The Balaban J connectivity index is 1.15. The number of anilines is 2. The number of amides is 2. The van der Waals surface area contributed by atoms with Gasteiger partial charge in [0.2, 0.25) is 21.9 Å². The Bertz CT molecular complexity index is 2010. The number of nitrogens with one attached hydrogen (secondary N) is 4. The van der Waals surface area contributed by atoms with E-state index in [2.05, 4.69) is 25.3 Å². The molecule has 4 N–H and O–H groups in total. The second kappa shape index (κ2) is 13.4. The maximum Gasteiger partial charge on any atom is 0.324 e. The highest BCUT2D eigenvalue weighted by Crippen LogP contribution is 2.32. The van der Waals surface area contributed by atoms with Gasteiger partial charge in [0.15, 0.2) is 6.10 Å². The Morgan fingerprint density at radius 2 is 1.70 bits per heavy atom. The molecule has 6 rings (SSSR count). The highest BCUT2D eigenvalue weighted by molar-refractivity contribution is 7.89. The molecule has 1 aliphatic rings. The molecule has 2 atom stereocenters. The van der Waals surface area contributed by atoms with Gasteiger partial charge in [-0.3, -0.25) is 19.7 Å². The largest absolute Gasteiger partial charge is 0.478 e. The van der Waals surface area contributed by atoms with Crippen molar-refractivity contribution in [2.45, 2.75) is 43.4 Å². The number of aromatic nitrogens is 2. The SMILES string of the molecule is Cc1ccc(S(=O)(=O)N[C@@H](Cc2ccc3c(c2)NC(=O)C(CC(=O)Nc2nc4ccccc4[nH]2)O3)C(=O)OCc2ccccc2)cc1. The number of aromatic amines is 1. The van der Waals surface area contributed by atoms with Crippen LogP contribution in [-0.2, 0) is 42.2 Å². The molecule has 13 heteroatoms. The number of carbonyl (C=O) groups excluding carboxylic acids is 3. The predicted octanol–water partition coefficient (Wildman–Crippen LogP) is 4.23. The van der Waals surface area contributed by atoms with Crippen LogP contribution in [0.4, 0.5) is 11.6 Å². The molecule has 240 valence electrons. The molecule has 0 aliphatic carbocycles. The summed E-state index contributed by atoms with van der Waals surface area (Å²) in [6, 6.07) is 26.2. The fourth-order valence-corrected chi connectivity index (χ4v) is 6.22. The summed E-state index contributed by atoms with van der Waals surface area (Å²) < 4.78 is 40.3. The van der Waals surface area contributed by atoms with Crippen molar-refractivity contribution in [3.8, 4) is 5.75 Å². The number of nitrogens with zero attached hydrogens (tertiary/aromatic N) is 1. The first-order valence-corrected chi connectivity index (χ1v) is 16.3. The summed E-state index contributed by atoms with van der Waals surface area (Å²) in [5, 5.41) is 5.40. The van der Waals surface area contributed by atoms with Crippen LogP contribution in [0.5, 0.6) is 5.75 Å². The Morgan fingerprint density at radius 1 is 0.957 bits per heavy atom. The van der Waals surface area contributed by atoms with E-state index in [0.29, 0.717) is 22.5 Å². The van der Waals surface area contributed by atoms with Crippen LogP contribution in [0.1, 0.15) is 23.1 Å². The second-order valence-corrected chi connectivity index (χ2v) is 12.8. The lowest BCUT2D eigenvalue weighted by Gasteiger charge is -2.26. The van der Waals surface area contributed by atoms with Crippen molar-refractivity contribution < 1.29 is 32.3 Å². The summed E-state index contributed by atoms with van der Waals surface area (Å²) in [7, 11) is -4.09.